The van der Waals surface area contributed by atoms with E-state index in [1.165, 1.54) is 283 Å². The van der Waals surface area contributed by atoms with Crippen LogP contribution in [0.2, 0.25) is 0 Å². The maximum absolute atomic E-state index is 13.5. The molecule has 3 saturated heterocycles. The van der Waals surface area contributed by atoms with Gasteiger partial charge in [-0.3, -0.25) is 4.79 Å². The number of rotatable bonds is 72. The lowest BCUT2D eigenvalue weighted by Gasteiger charge is -2.48. The van der Waals surface area contributed by atoms with Crippen LogP contribution in [0.4, 0.5) is 0 Å². The lowest BCUT2D eigenvalue weighted by molar-refractivity contribution is -0.379. The highest BCUT2D eigenvalue weighted by molar-refractivity contribution is 5.76. The molecule has 632 valence electrons. The third-order valence-electron chi connectivity index (χ3n) is 22.0. The summed E-state index contributed by atoms with van der Waals surface area (Å²) in [6.45, 7) is 1.76. The van der Waals surface area contributed by atoms with E-state index >= 15 is 0 Å². The first-order chi connectivity index (χ1) is 52.8. The Bertz CT molecular complexity index is 2180. The van der Waals surface area contributed by atoms with Crippen molar-refractivity contribution in [1.29, 1.82) is 0 Å². The van der Waals surface area contributed by atoms with Gasteiger partial charge in [-0.1, -0.05) is 351 Å². The average molecular weight is 1540 g/mol. The molecule has 3 heterocycles. The van der Waals surface area contributed by atoms with E-state index < -0.39 is 124 Å². The molecule has 17 unspecified atom stereocenters. The number of carbonyl (C=O) groups is 1. The van der Waals surface area contributed by atoms with E-state index in [0.29, 0.717) is 12.8 Å². The molecule has 12 N–H and O–H groups in total. The van der Waals surface area contributed by atoms with Crippen LogP contribution in [-0.4, -0.2) is 193 Å². The molecule has 0 aromatic rings. The minimum Gasteiger partial charge on any atom is -0.394 e. The molecule has 0 radical (unpaired) electrons. The van der Waals surface area contributed by atoms with Crippen LogP contribution in [0.1, 0.15) is 367 Å². The van der Waals surface area contributed by atoms with Crippen molar-refractivity contribution in [2.24, 2.45) is 0 Å². The molecule has 3 fully saturated rings. The van der Waals surface area contributed by atoms with E-state index in [1.54, 1.807) is 6.08 Å². The quantitative estimate of drug-likeness (QED) is 0.0199. The normalized spacial score (nSPS) is 25.7. The van der Waals surface area contributed by atoms with Gasteiger partial charge in [-0.05, 0) is 70.6 Å². The molecule has 19 heteroatoms. The Balaban J connectivity index is 1.34. The van der Waals surface area contributed by atoms with Gasteiger partial charge in [0, 0.05) is 6.42 Å². The SMILES string of the molecule is CCCCCCC/C=C\C/C=C\C/C=C\CCCCCCCCCCCCCCCCCCCCC(=O)NC(COC1OC(CO)C(OC2OC(CO)C(OC3OC(CO)C(O)C(O)C3O)C(O)C2O)C(O)C1O)C(O)/C=C/CC/C=C/CCCCCCCCCCCCCCCCCCCCCCCCCC. The molecule has 0 spiro atoms. The molecular formula is C89H163NO18. The predicted molar refractivity (Wildman–Crippen MR) is 434 cm³/mol. The van der Waals surface area contributed by atoms with Gasteiger partial charge in [0.25, 0.3) is 0 Å². The van der Waals surface area contributed by atoms with Crippen molar-refractivity contribution in [2.75, 3.05) is 26.4 Å². The highest BCUT2D eigenvalue weighted by Crippen LogP contribution is 2.33. The van der Waals surface area contributed by atoms with Gasteiger partial charge in [-0.15, -0.1) is 0 Å². The smallest absolute Gasteiger partial charge is 0.220 e. The Hall–Kier alpha value is -2.51. The van der Waals surface area contributed by atoms with Crippen molar-refractivity contribution in [3.05, 3.63) is 60.8 Å². The van der Waals surface area contributed by atoms with E-state index in [0.717, 1.165) is 51.4 Å². The summed E-state index contributed by atoms with van der Waals surface area (Å²) in [6, 6.07) is -0.993. The average Bonchev–Trinajstić information content (AvgIpc) is 0.779. The van der Waals surface area contributed by atoms with E-state index in [-0.39, 0.29) is 18.9 Å². The zero-order valence-electron chi connectivity index (χ0n) is 68.1. The number of unbranched alkanes of at least 4 members (excludes halogenated alkanes) is 48. The van der Waals surface area contributed by atoms with Crippen molar-refractivity contribution >= 4 is 5.91 Å². The Morgan fingerprint density at radius 2 is 0.620 bits per heavy atom. The third-order valence-corrected chi connectivity index (χ3v) is 22.0. The van der Waals surface area contributed by atoms with Gasteiger partial charge >= 0.3 is 0 Å². The summed E-state index contributed by atoms with van der Waals surface area (Å²) in [5.41, 5.74) is 0. The summed E-state index contributed by atoms with van der Waals surface area (Å²) >= 11 is 0. The number of aliphatic hydroxyl groups excluding tert-OH is 11. The van der Waals surface area contributed by atoms with Crippen LogP contribution >= 0.6 is 0 Å². The van der Waals surface area contributed by atoms with E-state index in [2.05, 4.69) is 67.8 Å². The van der Waals surface area contributed by atoms with Crippen molar-refractivity contribution in [2.45, 2.75) is 471 Å². The van der Waals surface area contributed by atoms with Crippen LogP contribution in [0.15, 0.2) is 60.8 Å². The summed E-state index contributed by atoms with van der Waals surface area (Å²) < 4.78 is 34.5. The number of aliphatic hydroxyl groups is 11. The topological polar surface area (TPSA) is 307 Å². The number of ether oxygens (including phenoxy) is 6. The molecule has 1 amide bonds. The van der Waals surface area contributed by atoms with E-state index in [4.69, 9.17) is 28.4 Å². The van der Waals surface area contributed by atoms with Crippen molar-refractivity contribution in [1.82, 2.24) is 5.32 Å². The van der Waals surface area contributed by atoms with Crippen molar-refractivity contribution in [3.63, 3.8) is 0 Å². The zero-order valence-corrected chi connectivity index (χ0v) is 68.1. The van der Waals surface area contributed by atoms with Crippen LogP contribution in [-0.2, 0) is 33.2 Å². The minimum atomic E-state index is -1.98. The maximum atomic E-state index is 13.5. The molecule has 0 aromatic heterocycles. The summed E-state index contributed by atoms with van der Waals surface area (Å²) in [5, 5.41) is 121. The molecule has 0 aliphatic carbocycles. The summed E-state index contributed by atoms with van der Waals surface area (Å²) in [6.07, 6.45) is 63.7. The van der Waals surface area contributed by atoms with Crippen LogP contribution < -0.4 is 5.32 Å². The standard InChI is InChI=1S/C89H163NO18/c1-3-5-7-9-11-13-15-17-19-21-23-25-27-29-31-33-35-36-37-39-41-43-45-47-49-51-53-55-57-59-61-63-65-67-77(95)90-72(73(94)66-64-62-60-58-56-54-52-50-48-46-44-42-40-38-34-32-30-28-26-24-22-20-18-16-14-12-10-8-6-4-2)71-103-87-83(101)80(98)85(75(69-92)105-87)108-89-84(102)81(99)86(76(70-93)106-89)107-88-82(100)79(97)78(96)74(68-91)104-88/h15,17,21,23,27,29,56,58,64,66,72-76,78-89,91-94,96-102H,3-14,16,18-20,22,24-26,28,30-55,57,59-63,65,67-71H2,1-2H3,(H,90,95)/b17-15-,23-21-,29-27-,58-56+,66-64+. The monoisotopic (exact) mass is 1530 g/mol. The Labute approximate surface area is 656 Å². The largest absolute Gasteiger partial charge is 0.394 e. The minimum absolute atomic E-state index is 0.236. The number of hydrogen-bond acceptors (Lipinski definition) is 18. The first-order valence-electron chi connectivity index (χ1n) is 44.5. The first-order valence-corrected chi connectivity index (χ1v) is 44.5. The third kappa shape index (κ3) is 47.4. The fourth-order valence-electron chi connectivity index (χ4n) is 14.9. The first kappa shape index (κ1) is 99.7. The van der Waals surface area contributed by atoms with Crippen LogP contribution in [0.3, 0.4) is 0 Å². The number of amides is 1. The number of allylic oxidation sites excluding steroid dienone is 9. The molecule has 3 rings (SSSR count). The second-order valence-electron chi connectivity index (χ2n) is 31.7. The molecule has 0 saturated carbocycles. The Morgan fingerprint density at radius 1 is 0.333 bits per heavy atom. The summed E-state index contributed by atoms with van der Waals surface area (Å²) in [4.78, 5) is 13.5. The van der Waals surface area contributed by atoms with Gasteiger partial charge in [0.2, 0.25) is 5.91 Å². The Kier molecular flexibility index (Phi) is 63.6. The predicted octanol–water partition coefficient (Wildman–Crippen LogP) is 16.6. The fraction of sp³-hybridized carbons (Fsp3) is 0.876. The number of hydrogen-bond donors (Lipinski definition) is 12. The van der Waals surface area contributed by atoms with E-state index in [1.807, 2.05) is 6.08 Å². The molecule has 3 aliphatic heterocycles. The maximum Gasteiger partial charge on any atom is 0.220 e. The lowest BCUT2D eigenvalue weighted by atomic mass is 9.96. The molecule has 0 bridgehead atoms. The molecular weight excluding hydrogens is 1370 g/mol. The number of carbonyl (C=O) groups excluding carboxylic acids is 1. The van der Waals surface area contributed by atoms with Gasteiger partial charge < -0.3 is 89.9 Å². The van der Waals surface area contributed by atoms with Crippen LogP contribution in [0.25, 0.3) is 0 Å². The molecule has 0 aromatic carbocycles. The van der Waals surface area contributed by atoms with Gasteiger partial charge in [0.15, 0.2) is 18.9 Å². The fourth-order valence-corrected chi connectivity index (χ4v) is 14.9. The zero-order chi connectivity index (χ0) is 78.1. The van der Waals surface area contributed by atoms with Crippen molar-refractivity contribution < 1.29 is 89.4 Å². The molecule has 3 aliphatic rings. The van der Waals surface area contributed by atoms with Crippen LogP contribution in [0.5, 0.6) is 0 Å². The van der Waals surface area contributed by atoms with Gasteiger partial charge in [-0.2, -0.15) is 0 Å². The summed E-state index contributed by atoms with van der Waals surface area (Å²) in [5.74, 6) is -0.280. The highest BCUT2D eigenvalue weighted by atomic mass is 16.8. The second kappa shape index (κ2) is 68.9. The summed E-state index contributed by atoms with van der Waals surface area (Å²) in [7, 11) is 0. The highest BCUT2D eigenvalue weighted by Gasteiger charge is 2.54. The van der Waals surface area contributed by atoms with Crippen LogP contribution in [0, 0.1) is 0 Å². The Morgan fingerprint density at radius 3 is 0.991 bits per heavy atom. The van der Waals surface area contributed by atoms with Crippen molar-refractivity contribution in [3.8, 4) is 0 Å². The van der Waals surface area contributed by atoms with Gasteiger partial charge in [-0.25, -0.2) is 0 Å². The lowest BCUT2D eigenvalue weighted by Crippen LogP contribution is -2.66. The second-order valence-corrected chi connectivity index (χ2v) is 31.7. The van der Waals surface area contributed by atoms with E-state index in [9.17, 15) is 61.0 Å². The van der Waals surface area contributed by atoms with Gasteiger partial charge in [0.05, 0.1) is 38.6 Å². The molecule has 108 heavy (non-hydrogen) atoms. The molecule has 17 atom stereocenters. The van der Waals surface area contributed by atoms with Gasteiger partial charge in [0.1, 0.15) is 73.2 Å². The molecule has 19 nitrogen and oxygen atoms in total. The number of nitrogens with one attached hydrogen (secondary N) is 1.